The fourth-order valence-corrected chi connectivity index (χ4v) is 1.92. The number of ether oxygens (including phenoxy) is 2. The molecule has 4 nitrogen and oxygen atoms in total. The zero-order valence-electron chi connectivity index (χ0n) is 13.0. The molecule has 0 radical (unpaired) electrons. The number of aryl methyl sites for hydroxylation is 1. The van der Waals surface area contributed by atoms with E-state index in [4.69, 9.17) is 9.47 Å². The summed E-state index contributed by atoms with van der Waals surface area (Å²) in [6.45, 7) is 4.63. The minimum Gasteiger partial charge on any atom is -0.493 e. The van der Waals surface area contributed by atoms with Crippen molar-refractivity contribution in [3.63, 3.8) is 0 Å². The van der Waals surface area contributed by atoms with Crippen LogP contribution in [0.1, 0.15) is 18.9 Å². The number of para-hydroxylation sites is 1. The van der Waals surface area contributed by atoms with Gasteiger partial charge in [0.25, 0.3) is 5.91 Å². The van der Waals surface area contributed by atoms with Crippen LogP contribution in [-0.4, -0.2) is 19.1 Å². The van der Waals surface area contributed by atoms with Crippen molar-refractivity contribution in [1.82, 2.24) is 0 Å². The summed E-state index contributed by atoms with van der Waals surface area (Å²) in [5, 5.41) is 2.83. The molecule has 0 saturated heterocycles. The normalized spacial score (nSPS) is 10.1. The Bertz CT molecular complexity index is 625. The average molecular weight is 299 g/mol. The Kier molecular flexibility index (Phi) is 5.83. The maximum atomic E-state index is 11.9. The molecule has 2 rings (SSSR count). The number of benzene rings is 2. The standard InChI is InChI=1S/C18H21NO3/c1-3-11-21-15-8-6-9-16(12-15)22-13-18(20)19-17-10-5-4-7-14(17)2/h4-10,12H,3,11,13H2,1-2H3,(H,19,20). The highest BCUT2D eigenvalue weighted by atomic mass is 16.5. The molecular formula is C18H21NO3. The van der Waals surface area contributed by atoms with Gasteiger partial charge in [-0.25, -0.2) is 0 Å². The van der Waals surface area contributed by atoms with Crippen LogP contribution in [0.3, 0.4) is 0 Å². The van der Waals surface area contributed by atoms with E-state index >= 15 is 0 Å². The van der Waals surface area contributed by atoms with E-state index in [1.807, 2.05) is 43.3 Å². The molecule has 2 aromatic rings. The predicted molar refractivity (Wildman–Crippen MR) is 87.5 cm³/mol. The van der Waals surface area contributed by atoms with E-state index in [-0.39, 0.29) is 12.5 Å². The van der Waals surface area contributed by atoms with Crippen LogP contribution < -0.4 is 14.8 Å². The molecule has 0 aromatic heterocycles. The molecular weight excluding hydrogens is 278 g/mol. The summed E-state index contributed by atoms with van der Waals surface area (Å²) in [4.78, 5) is 11.9. The average Bonchev–Trinajstić information content (AvgIpc) is 2.53. The zero-order chi connectivity index (χ0) is 15.8. The number of amides is 1. The molecule has 116 valence electrons. The Morgan fingerprint density at radius 2 is 1.77 bits per heavy atom. The second kappa shape index (κ2) is 8.08. The molecule has 0 spiro atoms. The summed E-state index contributed by atoms with van der Waals surface area (Å²) >= 11 is 0. The van der Waals surface area contributed by atoms with E-state index in [0.29, 0.717) is 12.4 Å². The SMILES string of the molecule is CCCOc1cccc(OCC(=O)Nc2ccccc2C)c1. The third-order valence-corrected chi connectivity index (χ3v) is 3.07. The highest BCUT2D eigenvalue weighted by Gasteiger charge is 2.06. The monoisotopic (exact) mass is 299 g/mol. The predicted octanol–water partition coefficient (Wildman–Crippen LogP) is 3.80. The van der Waals surface area contributed by atoms with Gasteiger partial charge in [-0.3, -0.25) is 4.79 Å². The number of carbonyl (C=O) groups excluding carboxylic acids is 1. The molecule has 1 amide bonds. The summed E-state index contributed by atoms with van der Waals surface area (Å²) in [5.41, 5.74) is 1.82. The molecule has 2 aromatic carbocycles. The van der Waals surface area contributed by atoms with Crippen LogP contribution in [-0.2, 0) is 4.79 Å². The minimum absolute atomic E-state index is 0.0361. The zero-order valence-corrected chi connectivity index (χ0v) is 13.0. The van der Waals surface area contributed by atoms with Gasteiger partial charge in [-0.2, -0.15) is 0 Å². The highest BCUT2D eigenvalue weighted by molar-refractivity contribution is 5.92. The molecule has 0 bridgehead atoms. The van der Waals surface area contributed by atoms with Crippen LogP contribution in [0, 0.1) is 6.92 Å². The van der Waals surface area contributed by atoms with E-state index in [9.17, 15) is 4.79 Å². The lowest BCUT2D eigenvalue weighted by Gasteiger charge is -2.10. The first-order valence-electron chi connectivity index (χ1n) is 7.40. The van der Waals surface area contributed by atoms with Gasteiger partial charge in [-0.1, -0.05) is 31.2 Å². The van der Waals surface area contributed by atoms with Gasteiger partial charge in [-0.05, 0) is 37.1 Å². The molecule has 0 aliphatic carbocycles. The van der Waals surface area contributed by atoms with Crippen LogP contribution in [0.15, 0.2) is 48.5 Å². The van der Waals surface area contributed by atoms with E-state index in [0.717, 1.165) is 23.4 Å². The van der Waals surface area contributed by atoms with Gasteiger partial charge in [-0.15, -0.1) is 0 Å². The Labute approximate surface area is 131 Å². The Morgan fingerprint density at radius 1 is 1.05 bits per heavy atom. The van der Waals surface area contributed by atoms with Crippen LogP contribution in [0.25, 0.3) is 0 Å². The highest BCUT2D eigenvalue weighted by Crippen LogP contribution is 2.19. The number of hydrogen-bond acceptors (Lipinski definition) is 3. The minimum atomic E-state index is -0.186. The lowest BCUT2D eigenvalue weighted by Crippen LogP contribution is -2.20. The fourth-order valence-electron chi connectivity index (χ4n) is 1.92. The van der Waals surface area contributed by atoms with Crippen LogP contribution in [0.4, 0.5) is 5.69 Å². The van der Waals surface area contributed by atoms with Crippen molar-refractivity contribution in [3.8, 4) is 11.5 Å². The maximum absolute atomic E-state index is 11.9. The molecule has 0 aliphatic rings. The van der Waals surface area contributed by atoms with Gasteiger partial charge in [0.1, 0.15) is 11.5 Å². The van der Waals surface area contributed by atoms with E-state index < -0.39 is 0 Å². The molecule has 4 heteroatoms. The quantitative estimate of drug-likeness (QED) is 0.846. The first-order valence-corrected chi connectivity index (χ1v) is 7.40. The van der Waals surface area contributed by atoms with Crippen molar-refractivity contribution in [1.29, 1.82) is 0 Å². The Balaban J connectivity index is 1.87. The molecule has 0 aliphatic heterocycles. The summed E-state index contributed by atoms with van der Waals surface area (Å²) in [7, 11) is 0. The number of hydrogen-bond donors (Lipinski definition) is 1. The number of anilines is 1. The number of rotatable bonds is 7. The van der Waals surface area contributed by atoms with E-state index in [2.05, 4.69) is 12.2 Å². The molecule has 1 N–H and O–H groups in total. The van der Waals surface area contributed by atoms with Crippen molar-refractivity contribution in [2.24, 2.45) is 0 Å². The Hall–Kier alpha value is -2.49. The number of nitrogens with one attached hydrogen (secondary N) is 1. The van der Waals surface area contributed by atoms with Crippen molar-refractivity contribution < 1.29 is 14.3 Å². The Morgan fingerprint density at radius 3 is 2.50 bits per heavy atom. The second-order valence-electron chi connectivity index (χ2n) is 4.98. The van der Waals surface area contributed by atoms with Gasteiger partial charge in [0.05, 0.1) is 6.61 Å². The van der Waals surface area contributed by atoms with Crippen LogP contribution >= 0.6 is 0 Å². The van der Waals surface area contributed by atoms with E-state index in [1.54, 1.807) is 12.1 Å². The first kappa shape index (κ1) is 15.9. The van der Waals surface area contributed by atoms with Gasteiger partial charge in [0, 0.05) is 11.8 Å². The van der Waals surface area contributed by atoms with Gasteiger partial charge >= 0.3 is 0 Å². The van der Waals surface area contributed by atoms with Crippen molar-refractivity contribution in [3.05, 3.63) is 54.1 Å². The topological polar surface area (TPSA) is 47.6 Å². The summed E-state index contributed by atoms with van der Waals surface area (Å²) < 4.78 is 11.0. The molecule has 22 heavy (non-hydrogen) atoms. The van der Waals surface area contributed by atoms with Crippen molar-refractivity contribution in [2.75, 3.05) is 18.5 Å². The first-order chi connectivity index (χ1) is 10.7. The molecule has 0 heterocycles. The summed E-state index contributed by atoms with van der Waals surface area (Å²) in [6, 6.07) is 14.9. The molecule has 0 fully saturated rings. The third-order valence-electron chi connectivity index (χ3n) is 3.07. The maximum Gasteiger partial charge on any atom is 0.262 e. The lowest BCUT2D eigenvalue weighted by molar-refractivity contribution is -0.118. The van der Waals surface area contributed by atoms with Crippen molar-refractivity contribution in [2.45, 2.75) is 20.3 Å². The van der Waals surface area contributed by atoms with Gasteiger partial charge in [0.15, 0.2) is 6.61 Å². The smallest absolute Gasteiger partial charge is 0.262 e. The van der Waals surface area contributed by atoms with Crippen LogP contribution in [0.5, 0.6) is 11.5 Å². The summed E-state index contributed by atoms with van der Waals surface area (Å²) in [5.74, 6) is 1.18. The van der Waals surface area contributed by atoms with Crippen molar-refractivity contribution >= 4 is 11.6 Å². The second-order valence-corrected chi connectivity index (χ2v) is 4.98. The third kappa shape index (κ3) is 4.81. The fraction of sp³-hybridized carbons (Fsp3) is 0.278. The van der Waals surface area contributed by atoms with Gasteiger partial charge in [0.2, 0.25) is 0 Å². The number of carbonyl (C=O) groups is 1. The largest absolute Gasteiger partial charge is 0.493 e. The summed E-state index contributed by atoms with van der Waals surface area (Å²) in [6.07, 6.45) is 0.948. The lowest BCUT2D eigenvalue weighted by atomic mass is 10.2. The van der Waals surface area contributed by atoms with E-state index in [1.165, 1.54) is 0 Å². The molecule has 0 saturated carbocycles. The molecule has 0 atom stereocenters. The molecule has 0 unspecified atom stereocenters. The van der Waals surface area contributed by atoms with Crippen LogP contribution in [0.2, 0.25) is 0 Å². The van der Waals surface area contributed by atoms with Gasteiger partial charge < -0.3 is 14.8 Å².